The van der Waals surface area contributed by atoms with Gasteiger partial charge in [0.25, 0.3) is 5.91 Å². The number of likely N-dealkylation sites (N-methyl/N-ethyl adjacent to an activating group) is 1. The van der Waals surface area contributed by atoms with Gasteiger partial charge in [0.15, 0.2) is 5.82 Å². The molecule has 0 radical (unpaired) electrons. The lowest BCUT2D eigenvalue weighted by molar-refractivity contribution is 0.0732. The predicted octanol–water partition coefficient (Wildman–Crippen LogP) is 4.14. The number of hydrogen-bond donors (Lipinski definition) is 0. The van der Waals surface area contributed by atoms with E-state index in [1.807, 2.05) is 42.5 Å². The lowest BCUT2D eigenvalue weighted by Crippen LogP contribution is -2.32. The number of nitrogens with zero attached hydrogens (tertiary/aromatic N) is 5. The van der Waals surface area contributed by atoms with Gasteiger partial charge in [-0.1, -0.05) is 52.8 Å². The van der Waals surface area contributed by atoms with E-state index in [0.717, 1.165) is 42.8 Å². The van der Waals surface area contributed by atoms with Crippen molar-refractivity contribution >= 4 is 11.6 Å². The Hall–Kier alpha value is -3.52. The maximum Gasteiger partial charge on any atom is 0.254 e. The molecule has 2 aliphatic rings. The molecule has 0 spiro atoms. The number of carbonyl (C=O) groups is 1. The van der Waals surface area contributed by atoms with Gasteiger partial charge in [0.1, 0.15) is 13.2 Å². The van der Waals surface area contributed by atoms with Gasteiger partial charge in [-0.25, -0.2) is 0 Å². The highest BCUT2D eigenvalue weighted by Crippen LogP contribution is 2.33. The molecule has 0 saturated carbocycles. The number of aromatic nitrogens is 2. The van der Waals surface area contributed by atoms with E-state index in [0.29, 0.717) is 30.2 Å². The second kappa shape index (κ2) is 9.77. The van der Waals surface area contributed by atoms with Crippen molar-refractivity contribution in [2.75, 3.05) is 33.8 Å². The first-order chi connectivity index (χ1) is 16.6. The molecule has 1 aromatic heterocycles. The summed E-state index contributed by atoms with van der Waals surface area (Å²) in [6, 6.07) is 17.5. The maximum absolute atomic E-state index is 13.5. The zero-order valence-electron chi connectivity index (χ0n) is 19.6. The fourth-order valence-corrected chi connectivity index (χ4v) is 4.86. The SMILES string of the molecule is CO/N=C1\C[C@@H](c2noc([C@@H]3CCCN(C)C3)n2)N(C(=O)c2ccc(-c3ccccc3)cc2)C1. The molecule has 2 saturated heterocycles. The number of piperidine rings is 1. The number of hydrogen-bond acceptors (Lipinski definition) is 7. The number of oxime groups is 1. The van der Waals surface area contributed by atoms with E-state index < -0.39 is 0 Å². The summed E-state index contributed by atoms with van der Waals surface area (Å²) in [7, 11) is 3.62. The molecule has 0 unspecified atom stereocenters. The van der Waals surface area contributed by atoms with Crippen molar-refractivity contribution in [2.24, 2.45) is 5.16 Å². The third-order valence-corrected chi connectivity index (χ3v) is 6.61. The standard InChI is InChI=1S/C26H29N5O3/c1-30-14-6-9-21(16-30)25-27-24(29-34-25)23-15-22(28-33-2)17-31(23)26(32)20-12-10-19(11-13-20)18-7-4-3-5-8-18/h3-5,7-8,10-13,21,23H,6,9,14-17H2,1-2H3/b28-22+/t21-,23+/m1/s1. The molecule has 1 amide bonds. The molecule has 3 heterocycles. The maximum atomic E-state index is 13.5. The second-order valence-corrected chi connectivity index (χ2v) is 9.03. The van der Waals surface area contributed by atoms with Gasteiger partial charge in [-0.2, -0.15) is 4.98 Å². The van der Waals surface area contributed by atoms with E-state index in [4.69, 9.17) is 14.3 Å². The summed E-state index contributed by atoms with van der Waals surface area (Å²) in [6.45, 7) is 2.36. The zero-order valence-corrected chi connectivity index (χ0v) is 19.6. The minimum Gasteiger partial charge on any atom is -0.399 e. The number of rotatable bonds is 5. The van der Waals surface area contributed by atoms with Gasteiger partial charge in [-0.05, 0) is 49.7 Å². The van der Waals surface area contributed by atoms with Crippen LogP contribution >= 0.6 is 0 Å². The topological polar surface area (TPSA) is 84.1 Å². The summed E-state index contributed by atoms with van der Waals surface area (Å²) in [5, 5.41) is 8.39. The van der Waals surface area contributed by atoms with Crippen molar-refractivity contribution in [3.05, 3.63) is 71.9 Å². The molecular weight excluding hydrogens is 430 g/mol. The highest BCUT2D eigenvalue weighted by Gasteiger charge is 2.38. The first-order valence-corrected chi connectivity index (χ1v) is 11.7. The molecule has 2 fully saturated rings. The van der Waals surface area contributed by atoms with E-state index in [9.17, 15) is 4.79 Å². The van der Waals surface area contributed by atoms with Crippen molar-refractivity contribution in [1.82, 2.24) is 19.9 Å². The van der Waals surface area contributed by atoms with Crippen LogP contribution < -0.4 is 0 Å². The molecular formula is C26H29N5O3. The van der Waals surface area contributed by atoms with Crippen molar-refractivity contribution in [3.63, 3.8) is 0 Å². The third kappa shape index (κ3) is 4.59. The van der Waals surface area contributed by atoms with E-state index in [1.54, 1.807) is 4.90 Å². The number of amides is 1. The molecule has 0 bridgehead atoms. The van der Waals surface area contributed by atoms with Crippen LogP contribution in [0.3, 0.4) is 0 Å². The van der Waals surface area contributed by atoms with Gasteiger partial charge in [-0.3, -0.25) is 4.79 Å². The van der Waals surface area contributed by atoms with Crippen LogP contribution in [0.15, 0.2) is 64.3 Å². The Balaban J connectivity index is 1.38. The van der Waals surface area contributed by atoms with Gasteiger partial charge in [0.2, 0.25) is 5.89 Å². The van der Waals surface area contributed by atoms with Crippen LogP contribution in [0.1, 0.15) is 53.3 Å². The minimum atomic E-state index is -0.339. The van der Waals surface area contributed by atoms with Crippen molar-refractivity contribution in [2.45, 2.75) is 31.2 Å². The van der Waals surface area contributed by atoms with Crippen LogP contribution in [-0.2, 0) is 4.84 Å². The Labute approximate surface area is 199 Å². The molecule has 3 aromatic rings. The normalized spacial score (nSPS) is 22.3. The Kier molecular flexibility index (Phi) is 6.40. The van der Waals surface area contributed by atoms with Crippen LogP contribution in [0.4, 0.5) is 0 Å². The molecule has 2 aliphatic heterocycles. The Morgan fingerprint density at radius 2 is 1.88 bits per heavy atom. The predicted molar refractivity (Wildman–Crippen MR) is 128 cm³/mol. The molecule has 2 aromatic carbocycles. The van der Waals surface area contributed by atoms with E-state index >= 15 is 0 Å². The second-order valence-electron chi connectivity index (χ2n) is 9.03. The number of likely N-dealkylation sites (tertiary alicyclic amines) is 2. The summed E-state index contributed by atoms with van der Waals surface area (Å²) >= 11 is 0. The summed E-state index contributed by atoms with van der Waals surface area (Å²) in [5.41, 5.74) is 3.58. The Morgan fingerprint density at radius 1 is 1.12 bits per heavy atom. The van der Waals surface area contributed by atoms with Crippen LogP contribution in [-0.4, -0.2) is 65.4 Å². The first kappa shape index (κ1) is 22.3. The molecule has 2 atom stereocenters. The van der Waals surface area contributed by atoms with Crippen LogP contribution in [0, 0.1) is 0 Å². The fourth-order valence-electron chi connectivity index (χ4n) is 4.86. The Bertz CT molecular complexity index is 1160. The van der Waals surface area contributed by atoms with Crippen LogP contribution in [0.2, 0.25) is 0 Å². The molecule has 5 rings (SSSR count). The Morgan fingerprint density at radius 3 is 2.62 bits per heavy atom. The summed E-state index contributed by atoms with van der Waals surface area (Å²) < 4.78 is 5.66. The average molecular weight is 460 g/mol. The fraction of sp³-hybridized carbons (Fsp3) is 0.385. The van der Waals surface area contributed by atoms with Gasteiger partial charge >= 0.3 is 0 Å². The highest BCUT2D eigenvalue weighted by atomic mass is 16.6. The molecule has 176 valence electrons. The van der Waals surface area contributed by atoms with E-state index in [1.165, 1.54) is 7.11 Å². The quantitative estimate of drug-likeness (QED) is 0.534. The van der Waals surface area contributed by atoms with Crippen LogP contribution in [0.5, 0.6) is 0 Å². The number of benzene rings is 2. The van der Waals surface area contributed by atoms with Crippen molar-refractivity contribution < 1.29 is 14.2 Å². The van der Waals surface area contributed by atoms with Crippen molar-refractivity contribution in [3.8, 4) is 11.1 Å². The van der Waals surface area contributed by atoms with Crippen molar-refractivity contribution in [1.29, 1.82) is 0 Å². The third-order valence-electron chi connectivity index (χ3n) is 6.61. The van der Waals surface area contributed by atoms with Crippen LogP contribution in [0.25, 0.3) is 11.1 Å². The lowest BCUT2D eigenvalue weighted by atomic mass is 9.98. The monoisotopic (exact) mass is 459 g/mol. The van der Waals surface area contributed by atoms with Gasteiger partial charge < -0.3 is 19.2 Å². The lowest BCUT2D eigenvalue weighted by Gasteiger charge is -2.27. The van der Waals surface area contributed by atoms with Gasteiger partial charge in [0.05, 0.1) is 18.2 Å². The molecule has 0 N–H and O–H groups in total. The smallest absolute Gasteiger partial charge is 0.254 e. The molecule has 34 heavy (non-hydrogen) atoms. The first-order valence-electron chi connectivity index (χ1n) is 11.7. The van der Waals surface area contributed by atoms with E-state index in [-0.39, 0.29) is 17.9 Å². The molecule has 8 heteroatoms. The minimum absolute atomic E-state index is 0.0883. The summed E-state index contributed by atoms with van der Waals surface area (Å²) in [6.07, 6.45) is 2.66. The zero-order chi connectivity index (χ0) is 23.5. The van der Waals surface area contributed by atoms with Gasteiger partial charge in [-0.15, -0.1) is 0 Å². The largest absolute Gasteiger partial charge is 0.399 e. The molecule has 0 aliphatic carbocycles. The van der Waals surface area contributed by atoms with E-state index in [2.05, 4.69) is 34.4 Å². The highest BCUT2D eigenvalue weighted by molar-refractivity contribution is 6.00. The summed E-state index contributed by atoms with van der Waals surface area (Å²) in [4.78, 5) is 27.3. The molecule has 8 nitrogen and oxygen atoms in total. The summed E-state index contributed by atoms with van der Waals surface area (Å²) in [5.74, 6) is 1.31. The van der Waals surface area contributed by atoms with Gasteiger partial charge in [0, 0.05) is 18.5 Å². The average Bonchev–Trinajstić information content (AvgIpc) is 3.52. The number of carbonyl (C=O) groups excluding carboxylic acids is 1.